The number of benzene rings is 1. The van der Waals surface area contributed by atoms with Crippen molar-refractivity contribution in [2.45, 2.75) is 25.9 Å². The first kappa shape index (κ1) is 11.9. The number of rotatable bonds is 2. The Hall–Kier alpha value is -1.88. The van der Waals surface area contributed by atoms with Crippen molar-refractivity contribution in [2.24, 2.45) is 5.92 Å². The van der Waals surface area contributed by atoms with E-state index in [-0.39, 0.29) is 11.9 Å². The molecule has 1 aromatic carbocycles. The summed E-state index contributed by atoms with van der Waals surface area (Å²) in [5, 5.41) is 8.80. The molecule has 0 aliphatic carbocycles. The van der Waals surface area contributed by atoms with Gasteiger partial charge in [0.25, 0.3) is 0 Å². The minimum atomic E-state index is 0.0199. The fraction of sp³-hybridized carbons (Fsp3) is 0.467. The van der Waals surface area contributed by atoms with Crippen LogP contribution in [0.3, 0.4) is 0 Å². The predicted molar refractivity (Wildman–Crippen MR) is 77.7 cm³/mol. The molecule has 2 atom stereocenters. The number of anilines is 1. The van der Waals surface area contributed by atoms with Gasteiger partial charge in [-0.2, -0.15) is 5.10 Å². The lowest BCUT2D eigenvalue weighted by Gasteiger charge is -2.18. The van der Waals surface area contributed by atoms with Gasteiger partial charge >= 0.3 is 0 Å². The Morgan fingerprint density at radius 3 is 3.15 bits per heavy atom. The second-order valence-electron chi connectivity index (χ2n) is 5.60. The van der Waals surface area contributed by atoms with Crippen molar-refractivity contribution in [1.29, 1.82) is 0 Å². The molecule has 20 heavy (non-hydrogen) atoms. The van der Waals surface area contributed by atoms with Crippen LogP contribution in [0, 0.1) is 5.92 Å². The SMILES string of the molecule is CCn1ncc2c(N3C[C@H]4CCN[C@H]4C3=O)cccc21. The summed E-state index contributed by atoms with van der Waals surface area (Å²) < 4.78 is 1.97. The number of nitrogens with zero attached hydrogens (tertiary/aromatic N) is 3. The fourth-order valence-electron chi connectivity index (χ4n) is 3.53. The summed E-state index contributed by atoms with van der Waals surface area (Å²) in [6.45, 7) is 4.71. The molecule has 0 unspecified atom stereocenters. The van der Waals surface area contributed by atoms with Gasteiger partial charge in [0.2, 0.25) is 5.91 Å². The maximum absolute atomic E-state index is 12.5. The van der Waals surface area contributed by atoms with Gasteiger partial charge < -0.3 is 10.2 Å². The standard InChI is InChI=1S/C15H18N4O/c1-2-19-13-5-3-4-12(11(13)8-17-19)18-9-10-6-7-16-14(10)15(18)20/h3-5,8,10,14,16H,2,6-7,9H2,1H3/t10-,14-/m1/s1. The van der Waals surface area contributed by atoms with E-state index in [1.54, 1.807) is 0 Å². The molecule has 5 heteroatoms. The highest BCUT2D eigenvalue weighted by molar-refractivity contribution is 6.06. The lowest BCUT2D eigenvalue weighted by Crippen LogP contribution is -2.36. The quantitative estimate of drug-likeness (QED) is 0.897. The molecule has 2 aromatic rings. The normalized spacial score (nSPS) is 25.6. The molecule has 1 N–H and O–H groups in total. The van der Waals surface area contributed by atoms with Crippen molar-refractivity contribution in [3.63, 3.8) is 0 Å². The number of aryl methyl sites for hydroxylation is 1. The molecule has 0 radical (unpaired) electrons. The van der Waals surface area contributed by atoms with E-state index in [1.165, 1.54) is 0 Å². The first-order valence-corrected chi connectivity index (χ1v) is 7.29. The molecule has 1 amide bonds. The van der Waals surface area contributed by atoms with Crippen LogP contribution in [-0.4, -0.2) is 34.8 Å². The Kier molecular flexibility index (Phi) is 2.57. The zero-order valence-corrected chi connectivity index (χ0v) is 11.5. The number of fused-ring (bicyclic) bond motifs is 2. The van der Waals surface area contributed by atoms with Crippen LogP contribution in [0.25, 0.3) is 10.9 Å². The Labute approximate surface area is 117 Å². The van der Waals surface area contributed by atoms with Gasteiger partial charge in [-0.3, -0.25) is 9.48 Å². The van der Waals surface area contributed by atoms with Crippen LogP contribution >= 0.6 is 0 Å². The number of nitrogens with one attached hydrogen (secondary N) is 1. The zero-order valence-electron chi connectivity index (χ0n) is 11.5. The number of carbonyl (C=O) groups is 1. The van der Waals surface area contributed by atoms with E-state index in [9.17, 15) is 4.79 Å². The first-order chi connectivity index (χ1) is 9.79. The van der Waals surface area contributed by atoms with E-state index in [0.29, 0.717) is 5.92 Å². The number of aromatic nitrogens is 2. The van der Waals surface area contributed by atoms with E-state index in [1.807, 2.05) is 27.9 Å². The molecule has 0 bridgehead atoms. The molecule has 2 saturated heterocycles. The predicted octanol–water partition coefficient (Wildman–Crippen LogP) is 1.38. The zero-order chi connectivity index (χ0) is 13.7. The van der Waals surface area contributed by atoms with E-state index in [4.69, 9.17) is 0 Å². The van der Waals surface area contributed by atoms with Gasteiger partial charge in [-0.05, 0) is 32.0 Å². The van der Waals surface area contributed by atoms with Gasteiger partial charge in [0, 0.05) is 24.4 Å². The second kappa shape index (κ2) is 4.31. The molecule has 0 saturated carbocycles. The molecule has 4 rings (SSSR count). The first-order valence-electron chi connectivity index (χ1n) is 7.29. The minimum Gasteiger partial charge on any atom is -0.310 e. The highest BCUT2D eigenvalue weighted by Crippen LogP contribution is 2.34. The average molecular weight is 270 g/mol. The monoisotopic (exact) mass is 270 g/mol. The van der Waals surface area contributed by atoms with Crippen molar-refractivity contribution >= 4 is 22.5 Å². The highest BCUT2D eigenvalue weighted by atomic mass is 16.2. The maximum Gasteiger partial charge on any atom is 0.244 e. The van der Waals surface area contributed by atoms with E-state index < -0.39 is 0 Å². The number of hydrogen-bond acceptors (Lipinski definition) is 3. The number of hydrogen-bond donors (Lipinski definition) is 1. The summed E-state index contributed by atoms with van der Waals surface area (Å²) in [6, 6.07) is 6.13. The maximum atomic E-state index is 12.5. The molecule has 2 fully saturated rings. The third-order valence-electron chi connectivity index (χ3n) is 4.55. The van der Waals surface area contributed by atoms with Crippen LogP contribution in [0.5, 0.6) is 0 Å². The van der Waals surface area contributed by atoms with Crippen LogP contribution in [-0.2, 0) is 11.3 Å². The summed E-state index contributed by atoms with van der Waals surface area (Å²) in [5.41, 5.74) is 2.10. The fourth-order valence-corrected chi connectivity index (χ4v) is 3.53. The van der Waals surface area contributed by atoms with Crippen LogP contribution < -0.4 is 10.2 Å². The lowest BCUT2D eigenvalue weighted by atomic mass is 10.1. The summed E-state index contributed by atoms with van der Waals surface area (Å²) in [5.74, 6) is 0.670. The Balaban J connectivity index is 1.79. The topological polar surface area (TPSA) is 50.2 Å². The number of carbonyl (C=O) groups excluding carboxylic acids is 1. The summed E-state index contributed by atoms with van der Waals surface area (Å²) in [6.07, 6.45) is 2.97. The largest absolute Gasteiger partial charge is 0.310 e. The summed E-state index contributed by atoms with van der Waals surface area (Å²) >= 11 is 0. The van der Waals surface area contributed by atoms with Crippen LogP contribution in [0.2, 0.25) is 0 Å². The van der Waals surface area contributed by atoms with Crippen molar-refractivity contribution < 1.29 is 4.79 Å². The Morgan fingerprint density at radius 1 is 1.45 bits per heavy atom. The molecular formula is C15H18N4O. The third-order valence-corrected chi connectivity index (χ3v) is 4.55. The molecule has 1 aromatic heterocycles. The van der Waals surface area contributed by atoms with Gasteiger partial charge in [-0.25, -0.2) is 0 Å². The third kappa shape index (κ3) is 1.53. The van der Waals surface area contributed by atoms with Crippen molar-refractivity contribution in [3.8, 4) is 0 Å². The van der Waals surface area contributed by atoms with Crippen molar-refractivity contribution in [2.75, 3.05) is 18.0 Å². The highest BCUT2D eigenvalue weighted by Gasteiger charge is 2.43. The van der Waals surface area contributed by atoms with Crippen molar-refractivity contribution in [3.05, 3.63) is 24.4 Å². The van der Waals surface area contributed by atoms with Crippen LogP contribution in [0.15, 0.2) is 24.4 Å². The second-order valence-corrected chi connectivity index (χ2v) is 5.60. The van der Waals surface area contributed by atoms with E-state index in [2.05, 4.69) is 23.4 Å². The average Bonchev–Trinajstić information content (AvgIpc) is 3.14. The Morgan fingerprint density at radius 2 is 2.35 bits per heavy atom. The van der Waals surface area contributed by atoms with Gasteiger partial charge in [0.1, 0.15) is 0 Å². The van der Waals surface area contributed by atoms with Gasteiger partial charge in [-0.1, -0.05) is 6.07 Å². The van der Waals surface area contributed by atoms with Crippen LogP contribution in [0.1, 0.15) is 13.3 Å². The lowest BCUT2D eigenvalue weighted by molar-refractivity contribution is -0.118. The molecule has 0 spiro atoms. The number of amides is 1. The molecular weight excluding hydrogens is 252 g/mol. The summed E-state index contributed by atoms with van der Waals surface area (Å²) in [7, 11) is 0. The minimum absolute atomic E-state index is 0.0199. The molecule has 2 aliphatic heterocycles. The smallest absolute Gasteiger partial charge is 0.244 e. The van der Waals surface area contributed by atoms with Gasteiger partial charge in [-0.15, -0.1) is 0 Å². The van der Waals surface area contributed by atoms with E-state index in [0.717, 1.165) is 42.6 Å². The Bertz CT molecular complexity index is 678. The molecule has 5 nitrogen and oxygen atoms in total. The van der Waals surface area contributed by atoms with Gasteiger partial charge in [0.05, 0.1) is 23.4 Å². The molecule has 3 heterocycles. The van der Waals surface area contributed by atoms with Gasteiger partial charge in [0.15, 0.2) is 0 Å². The van der Waals surface area contributed by atoms with E-state index >= 15 is 0 Å². The van der Waals surface area contributed by atoms with Crippen molar-refractivity contribution in [1.82, 2.24) is 15.1 Å². The van der Waals surface area contributed by atoms with Crippen LogP contribution in [0.4, 0.5) is 5.69 Å². The molecule has 104 valence electrons. The summed E-state index contributed by atoms with van der Waals surface area (Å²) in [4.78, 5) is 14.5. The molecule has 2 aliphatic rings.